The monoisotopic (exact) mass is 231 g/mol. The van der Waals surface area contributed by atoms with Gasteiger partial charge in [0.25, 0.3) is 0 Å². The first-order chi connectivity index (χ1) is 6.98. The third-order valence-electron chi connectivity index (χ3n) is 2.67. The zero-order chi connectivity index (χ0) is 13.1. The minimum Gasteiger partial charge on any atom is -0.481 e. The quantitative estimate of drug-likeness (QED) is 0.640. The van der Waals surface area contributed by atoms with Crippen molar-refractivity contribution in [1.29, 1.82) is 0 Å². The van der Waals surface area contributed by atoms with Crippen LogP contribution in [0.5, 0.6) is 0 Å². The Kier molecular flexibility index (Phi) is 4.49. The summed E-state index contributed by atoms with van der Waals surface area (Å²) in [6, 6.07) is -0.986. The van der Waals surface area contributed by atoms with Gasteiger partial charge in [-0.2, -0.15) is 0 Å². The summed E-state index contributed by atoms with van der Waals surface area (Å²) >= 11 is 0. The largest absolute Gasteiger partial charge is 0.481 e. The molecule has 0 heterocycles. The Hall–Kier alpha value is -1.10. The van der Waals surface area contributed by atoms with Crippen molar-refractivity contribution in [1.82, 2.24) is 0 Å². The standard InChI is InChI=1S/C11H21NO4/c1-10(2,5-7(13)14)6-11(3,4)8(12)9(15)16/h8H,5-6,12H2,1-4H3,(H,13,14)(H,15,16). The molecule has 0 aromatic carbocycles. The fourth-order valence-electron chi connectivity index (χ4n) is 2.15. The SMILES string of the molecule is CC(C)(CC(=O)O)CC(C)(C)C(N)C(=O)O. The molecule has 0 saturated heterocycles. The lowest BCUT2D eigenvalue weighted by atomic mass is 9.70. The summed E-state index contributed by atoms with van der Waals surface area (Å²) < 4.78 is 0. The molecule has 5 heteroatoms. The summed E-state index contributed by atoms with van der Waals surface area (Å²) in [5.74, 6) is -1.94. The van der Waals surface area contributed by atoms with Crippen LogP contribution in [0.2, 0.25) is 0 Å². The van der Waals surface area contributed by atoms with E-state index >= 15 is 0 Å². The fourth-order valence-corrected chi connectivity index (χ4v) is 2.15. The van der Waals surface area contributed by atoms with Gasteiger partial charge in [-0.1, -0.05) is 27.7 Å². The van der Waals surface area contributed by atoms with Gasteiger partial charge >= 0.3 is 11.9 Å². The molecule has 16 heavy (non-hydrogen) atoms. The van der Waals surface area contributed by atoms with E-state index in [-0.39, 0.29) is 6.42 Å². The van der Waals surface area contributed by atoms with Crippen molar-refractivity contribution in [3.8, 4) is 0 Å². The van der Waals surface area contributed by atoms with E-state index < -0.39 is 28.8 Å². The van der Waals surface area contributed by atoms with Crippen LogP contribution in [0.4, 0.5) is 0 Å². The second kappa shape index (κ2) is 4.82. The lowest BCUT2D eigenvalue weighted by Gasteiger charge is -2.36. The molecule has 4 N–H and O–H groups in total. The third-order valence-corrected chi connectivity index (χ3v) is 2.67. The maximum atomic E-state index is 10.8. The first-order valence-electron chi connectivity index (χ1n) is 5.18. The molecular formula is C11H21NO4. The summed E-state index contributed by atoms with van der Waals surface area (Å²) in [5.41, 5.74) is 4.48. The average molecular weight is 231 g/mol. The molecule has 0 spiro atoms. The van der Waals surface area contributed by atoms with Crippen molar-refractivity contribution in [2.45, 2.75) is 46.6 Å². The van der Waals surface area contributed by atoms with Crippen LogP contribution in [0.3, 0.4) is 0 Å². The minimum absolute atomic E-state index is 0.00275. The lowest BCUT2D eigenvalue weighted by molar-refractivity contribution is -0.142. The molecule has 0 saturated carbocycles. The Bertz CT molecular complexity index is 284. The molecule has 0 aliphatic heterocycles. The van der Waals surface area contributed by atoms with E-state index in [0.29, 0.717) is 6.42 Å². The topological polar surface area (TPSA) is 101 Å². The van der Waals surface area contributed by atoms with Crippen molar-refractivity contribution in [2.24, 2.45) is 16.6 Å². The van der Waals surface area contributed by atoms with E-state index in [1.54, 1.807) is 27.7 Å². The highest BCUT2D eigenvalue weighted by atomic mass is 16.4. The molecular weight excluding hydrogens is 210 g/mol. The molecule has 1 atom stereocenters. The maximum absolute atomic E-state index is 10.8. The van der Waals surface area contributed by atoms with Crippen molar-refractivity contribution in [3.05, 3.63) is 0 Å². The Morgan fingerprint density at radius 1 is 1.19 bits per heavy atom. The van der Waals surface area contributed by atoms with Crippen LogP contribution in [0.1, 0.15) is 40.5 Å². The van der Waals surface area contributed by atoms with E-state index in [9.17, 15) is 9.59 Å². The van der Waals surface area contributed by atoms with Crippen molar-refractivity contribution in [2.75, 3.05) is 0 Å². The van der Waals surface area contributed by atoms with Crippen LogP contribution in [-0.4, -0.2) is 28.2 Å². The van der Waals surface area contributed by atoms with Gasteiger partial charge in [0, 0.05) is 0 Å². The summed E-state index contributed by atoms with van der Waals surface area (Å²) in [5, 5.41) is 17.6. The first kappa shape index (κ1) is 14.9. The third kappa shape index (κ3) is 4.61. The maximum Gasteiger partial charge on any atom is 0.321 e. The number of aliphatic carboxylic acids is 2. The Morgan fingerprint density at radius 3 is 1.94 bits per heavy atom. The minimum atomic E-state index is -1.06. The smallest absolute Gasteiger partial charge is 0.321 e. The molecule has 0 aliphatic rings. The number of rotatable bonds is 6. The highest BCUT2D eigenvalue weighted by molar-refractivity contribution is 5.74. The molecule has 0 rings (SSSR count). The number of hydrogen-bond acceptors (Lipinski definition) is 3. The predicted molar refractivity (Wildman–Crippen MR) is 60.0 cm³/mol. The van der Waals surface area contributed by atoms with Gasteiger partial charge in [-0.25, -0.2) is 0 Å². The van der Waals surface area contributed by atoms with Crippen LogP contribution in [0, 0.1) is 10.8 Å². The fraction of sp³-hybridized carbons (Fsp3) is 0.818. The summed E-state index contributed by atoms with van der Waals surface area (Å²) in [7, 11) is 0. The van der Waals surface area contributed by atoms with Gasteiger partial charge in [-0.15, -0.1) is 0 Å². The number of carboxylic acid groups (broad SMARTS) is 2. The predicted octanol–water partition coefficient (Wildman–Crippen LogP) is 1.32. The highest BCUT2D eigenvalue weighted by Gasteiger charge is 2.37. The zero-order valence-electron chi connectivity index (χ0n) is 10.3. The Balaban J connectivity index is 4.68. The van der Waals surface area contributed by atoms with E-state index in [0.717, 1.165) is 0 Å². The summed E-state index contributed by atoms with van der Waals surface area (Å²) in [6.07, 6.45) is 0.447. The number of hydrogen-bond donors (Lipinski definition) is 3. The van der Waals surface area contributed by atoms with Crippen molar-refractivity contribution < 1.29 is 19.8 Å². The zero-order valence-corrected chi connectivity index (χ0v) is 10.3. The molecule has 1 unspecified atom stereocenters. The van der Waals surface area contributed by atoms with Crippen LogP contribution in [0.15, 0.2) is 0 Å². The van der Waals surface area contributed by atoms with E-state index in [2.05, 4.69) is 0 Å². The number of nitrogens with two attached hydrogens (primary N) is 1. The molecule has 0 aromatic rings. The van der Waals surface area contributed by atoms with Crippen molar-refractivity contribution >= 4 is 11.9 Å². The number of carbonyl (C=O) groups is 2. The van der Waals surface area contributed by atoms with Crippen LogP contribution in [0.25, 0.3) is 0 Å². The molecule has 0 aromatic heterocycles. The molecule has 0 bridgehead atoms. The normalized spacial score (nSPS) is 14.6. The second-order valence-electron chi connectivity index (χ2n) is 5.72. The molecule has 5 nitrogen and oxygen atoms in total. The van der Waals surface area contributed by atoms with Crippen LogP contribution < -0.4 is 5.73 Å². The van der Waals surface area contributed by atoms with Gasteiger partial charge in [-0.05, 0) is 17.3 Å². The summed E-state index contributed by atoms with van der Waals surface area (Å²) in [6.45, 7) is 7.10. The Labute approximate surface area is 95.6 Å². The summed E-state index contributed by atoms with van der Waals surface area (Å²) in [4.78, 5) is 21.5. The lowest BCUT2D eigenvalue weighted by Crippen LogP contribution is -2.46. The molecule has 0 amide bonds. The van der Waals surface area contributed by atoms with Crippen molar-refractivity contribution in [3.63, 3.8) is 0 Å². The molecule has 94 valence electrons. The molecule has 0 radical (unpaired) electrons. The van der Waals surface area contributed by atoms with Crippen LogP contribution >= 0.6 is 0 Å². The number of carboxylic acids is 2. The van der Waals surface area contributed by atoms with E-state index in [1.165, 1.54) is 0 Å². The van der Waals surface area contributed by atoms with Gasteiger partial charge in [0.05, 0.1) is 6.42 Å². The molecule has 0 fully saturated rings. The highest BCUT2D eigenvalue weighted by Crippen LogP contribution is 2.37. The first-order valence-corrected chi connectivity index (χ1v) is 5.18. The van der Waals surface area contributed by atoms with Crippen LogP contribution in [-0.2, 0) is 9.59 Å². The second-order valence-corrected chi connectivity index (χ2v) is 5.72. The Morgan fingerprint density at radius 2 is 1.62 bits per heavy atom. The molecule has 0 aliphatic carbocycles. The van der Waals surface area contributed by atoms with E-state index in [4.69, 9.17) is 15.9 Å². The average Bonchev–Trinajstić information content (AvgIpc) is 1.97. The van der Waals surface area contributed by atoms with Gasteiger partial charge < -0.3 is 15.9 Å². The van der Waals surface area contributed by atoms with Gasteiger partial charge in [0.2, 0.25) is 0 Å². The van der Waals surface area contributed by atoms with Gasteiger partial charge in [0.1, 0.15) is 6.04 Å². The van der Waals surface area contributed by atoms with E-state index in [1.807, 2.05) is 0 Å². The van der Waals surface area contributed by atoms with Gasteiger partial charge in [0.15, 0.2) is 0 Å². The van der Waals surface area contributed by atoms with Gasteiger partial charge in [-0.3, -0.25) is 9.59 Å².